The first-order chi connectivity index (χ1) is 14.8. The number of halogens is 3. The molecular formula is C21H13F3N4O2S. The van der Waals surface area contributed by atoms with Gasteiger partial charge in [-0.2, -0.15) is 13.2 Å². The summed E-state index contributed by atoms with van der Waals surface area (Å²) in [4.78, 5) is 15.8. The molecule has 0 radical (unpaired) electrons. The zero-order chi connectivity index (χ0) is 22.1. The molecule has 0 amide bonds. The maximum atomic E-state index is 13.3. The molecule has 0 fully saturated rings. The summed E-state index contributed by atoms with van der Waals surface area (Å²) >= 11 is 0. The van der Waals surface area contributed by atoms with E-state index in [1.165, 1.54) is 18.6 Å². The number of benzene rings is 1. The van der Waals surface area contributed by atoms with E-state index in [-0.39, 0.29) is 16.4 Å². The molecule has 0 aliphatic rings. The highest BCUT2D eigenvalue weighted by Crippen LogP contribution is 2.34. The summed E-state index contributed by atoms with van der Waals surface area (Å²) < 4.78 is 65.9. The highest BCUT2D eigenvalue weighted by atomic mass is 32.2. The monoisotopic (exact) mass is 442 g/mol. The van der Waals surface area contributed by atoms with Crippen molar-refractivity contribution >= 4 is 9.84 Å². The molecule has 3 aromatic heterocycles. The van der Waals surface area contributed by atoms with Gasteiger partial charge in [-0.15, -0.1) is 0 Å². The Bertz CT molecular complexity index is 1330. The van der Waals surface area contributed by atoms with Crippen LogP contribution < -0.4 is 0 Å². The average molecular weight is 442 g/mol. The normalized spacial score (nSPS) is 12.0. The van der Waals surface area contributed by atoms with Gasteiger partial charge in [-0.1, -0.05) is 12.1 Å². The molecule has 0 atom stereocenters. The van der Waals surface area contributed by atoms with Crippen molar-refractivity contribution in [2.24, 2.45) is 0 Å². The molecule has 0 bridgehead atoms. The first-order valence-electron chi connectivity index (χ1n) is 8.88. The summed E-state index contributed by atoms with van der Waals surface area (Å²) in [6, 6.07) is 11.8. The van der Waals surface area contributed by atoms with Crippen LogP contribution in [0, 0.1) is 0 Å². The fourth-order valence-electron chi connectivity index (χ4n) is 2.86. The van der Waals surface area contributed by atoms with Gasteiger partial charge in [0, 0.05) is 24.2 Å². The van der Waals surface area contributed by atoms with Gasteiger partial charge >= 0.3 is 6.18 Å². The van der Waals surface area contributed by atoms with Crippen molar-refractivity contribution in [2.45, 2.75) is 16.0 Å². The van der Waals surface area contributed by atoms with E-state index in [1.54, 1.807) is 30.3 Å². The van der Waals surface area contributed by atoms with Crippen LogP contribution in [0.4, 0.5) is 13.2 Å². The van der Waals surface area contributed by atoms with Gasteiger partial charge in [0.05, 0.1) is 22.3 Å². The molecule has 0 saturated heterocycles. The molecule has 6 nitrogen and oxygen atoms in total. The summed E-state index contributed by atoms with van der Waals surface area (Å²) in [6.45, 7) is 0. The number of sulfone groups is 1. The number of rotatable bonds is 4. The SMILES string of the molecule is O=S(=O)(c1cccc(C(F)(F)F)c1)c1cnc(-c2ccccn2)nc1-c1cccnc1. The molecule has 0 saturated carbocycles. The van der Waals surface area contributed by atoms with Crippen LogP contribution in [0.1, 0.15) is 5.56 Å². The Morgan fingerprint density at radius 2 is 1.68 bits per heavy atom. The van der Waals surface area contributed by atoms with Gasteiger partial charge in [-0.3, -0.25) is 9.97 Å². The van der Waals surface area contributed by atoms with Gasteiger partial charge in [0.1, 0.15) is 10.6 Å². The van der Waals surface area contributed by atoms with Crippen molar-refractivity contribution in [1.29, 1.82) is 0 Å². The third-order valence-corrected chi connectivity index (χ3v) is 6.10. The fourth-order valence-corrected chi connectivity index (χ4v) is 4.27. The van der Waals surface area contributed by atoms with Crippen molar-refractivity contribution in [2.75, 3.05) is 0 Å². The Hall–Kier alpha value is -3.66. The second kappa shape index (κ2) is 7.88. The summed E-state index contributed by atoms with van der Waals surface area (Å²) in [6.07, 6.45) is 0.850. The predicted octanol–water partition coefficient (Wildman–Crippen LogP) is 4.45. The maximum absolute atomic E-state index is 13.3. The summed E-state index contributed by atoms with van der Waals surface area (Å²) in [7, 11) is -4.37. The van der Waals surface area contributed by atoms with Crippen LogP contribution in [-0.2, 0) is 16.0 Å². The number of pyridine rings is 2. The summed E-state index contributed by atoms with van der Waals surface area (Å²) in [5, 5.41) is 0. The Labute approximate surface area is 175 Å². The zero-order valence-electron chi connectivity index (χ0n) is 15.7. The lowest BCUT2D eigenvalue weighted by atomic mass is 10.2. The molecule has 4 rings (SSSR count). The Morgan fingerprint density at radius 1 is 0.839 bits per heavy atom. The predicted molar refractivity (Wildman–Crippen MR) is 105 cm³/mol. The summed E-state index contributed by atoms with van der Waals surface area (Å²) in [5.74, 6) is 0.169. The largest absolute Gasteiger partial charge is 0.416 e. The molecule has 0 aliphatic carbocycles. The van der Waals surface area contributed by atoms with Crippen LogP contribution in [0.2, 0.25) is 0 Å². The minimum Gasteiger partial charge on any atom is -0.264 e. The molecule has 0 N–H and O–H groups in total. The minimum atomic E-state index is -4.68. The molecule has 10 heteroatoms. The first-order valence-corrected chi connectivity index (χ1v) is 10.4. The van der Waals surface area contributed by atoms with Gasteiger partial charge in [0.15, 0.2) is 5.82 Å². The number of aromatic nitrogens is 4. The quantitative estimate of drug-likeness (QED) is 0.464. The van der Waals surface area contributed by atoms with Crippen LogP contribution in [0.3, 0.4) is 0 Å². The number of hydrogen-bond donors (Lipinski definition) is 0. The van der Waals surface area contributed by atoms with Crippen LogP contribution in [0.5, 0.6) is 0 Å². The lowest BCUT2D eigenvalue weighted by molar-refractivity contribution is -0.137. The van der Waals surface area contributed by atoms with Crippen molar-refractivity contribution in [3.8, 4) is 22.8 Å². The highest BCUT2D eigenvalue weighted by Gasteiger charge is 2.33. The highest BCUT2D eigenvalue weighted by molar-refractivity contribution is 7.91. The third kappa shape index (κ3) is 4.15. The molecular weight excluding hydrogens is 429 g/mol. The van der Waals surface area contributed by atoms with Gasteiger partial charge in [0.2, 0.25) is 9.84 Å². The first kappa shape index (κ1) is 20.6. The summed E-state index contributed by atoms with van der Waals surface area (Å²) in [5.41, 5.74) is -0.271. The minimum absolute atomic E-state index is 0.0150. The maximum Gasteiger partial charge on any atom is 0.416 e. The van der Waals surface area contributed by atoms with Crippen LogP contribution in [0.25, 0.3) is 22.8 Å². The number of hydrogen-bond acceptors (Lipinski definition) is 6. The fraction of sp³-hybridized carbons (Fsp3) is 0.0476. The second-order valence-corrected chi connectivity index (χ2v) is 8.31. The topological polar surface area (TPSA) is 85.7 Å². The van der Waals surface area contributed by atoms with E-state index >= 15 is 0 Å². The molecule has 1 aromatic carbocycles. The van der Waals surface area contributed by atoms with Gasteiger partial charge in [0.25, 0.3) is 0 Å². The molecule has 0 spiro atoms. The van der Waals surface area contributed by atoms with Crippen molar-refractivity contribution in [1.82, 2.24) is 19.9 Å². The van der Waals surface area contributed by atoms with Gasteiger partial charge in [-0.25, -0.2) is 18.4 Å². The van der Waals surface area contributed by atoms with Crippen LogP contribution in [-0.4, -0.2) is 28.4 Å². The Balaban J connectivity index is 1.92. The lowest BCUT2D eigenvalue weighted by Gasteiger charge is -2.13. The number of nitrogens with zero attached hydrogens (tertiary/aromatic N) is 4. The molecule has 0 aliphatic heterocycles. The van der Waals surface area contributed by atoms with Crippen LogP contribution in [0.15, 0.2) is 89.2 Å². The van der Waals surface area contributed by atoms with Crippen molar-refractivity contribution < 1.29 is 21.6 Å². The zero-order valence-corrected chi connectivity index (χ0v) is 16.5. The third-order valence-electron chi connectivity index (χ3n) is 4.35. The van der Waals surface area contributed by atoms with Gasteiger partial charge < -0.3 is 0 Å². The van der Waals surface area contributed by atoms with Gasteiger partial charge in [-0.05, 0) is 42.5 Å². The Morgan fingerprint density at radius 3 is 2.35 bits per heavy atom. The Kier molecular flexibility index (Phi) is 5.24. The van der Waals surface area contributed by atoms with E-state index in [1.807, 2.05) is 0 Å². The van der Waals surface area contributed by atoms with E-state index in [4.69, 9.17) is 0 Å². The van der Waals surface area contributed by atoms with Crippen molar-refractivity contribution in [3.05, 3.63) is 84.9 Å². The van der Waals surface area contributed by atoms with E-state index in [2.05, 4.69) is 19.9 Å². The molecule has 3 heterocycles. The standard InChI is InChI=1S/C21H13F3N4O2S/c22-21(23,24)15-6-3-7-16(11-15)31(29,30)18-13-27-20(17-8-1-2-10-26-17)28-19(18)14-5-4-9-25-12-14/h1-13H. The number of alkyl halides is 3. The van der Waals surface area contributed by atoms with E-state index in [9.17, 15) is 21.6 Å². The molecule has 156 valence electrons. The van der Waals surface area contributed by atoms with E-state index in [0.717, 1.165) is 24.4 Å². The second-order valence-electron chi connectivity index (χ2n) is 6.39. The molecule has 31 heavy (non-hydrogen) atoms. The molecule has 4 aromatic rings. The van der Waals surface area contributed by atoms with Crippen molar-refractivity contribution in [3.63, 3.8) is 0 Å². The molecule has 0 unspecified atom stereocenters. The van der Waals surface area contributed by atoms with E-state index in [0.29, 0.717) is 17.3 Å². The average Bonchev–Trinajstić information content (AvgIpc) is 2.79. The smallest absolute Gasteiger partial charge is 0.264 e. The van der Waals surface area contributed by atoms with E-state index < -0.39 is 26.5 Å². The lowest BCUT2D eigenvalue weighted by Crippen LogP contribution is -2.10. The van der Waals surface area contributed by atoms with Crippen LogP contribution >= 0.6 is 0 Å².